The zero-order valence-electron chi connectivity index (χ0n) is 11.9. The largest absolute Gasteiger partial charge is 0.380 e. The minimum atomic E-state index is -0.180. The Balaban J connectivity index is 2.61. The van der Waals surface area contributed by atoms with Crippen LogP contribution in [0.5, 0.6) is 0 Å². The maximum absolute atomic E-state index is 5.52. The maximum atomic E-state index is 5.52. The third kappa shape index (κ3) is 4.67. The molecule has 0 fully saturated rings. The van der Waals surface area contributed by atoms with E-state index in [2.05, 4.69) is 37.4 Å². The summed E-state index contributed by atoms with van der Waals surface area (Å²) in [6.45, 7) is 10.4. The third-order valence-corrected chi connectivity index (χ3v) is 2.75. The molecule has 0 atom stereocenters. The Morgan fingerprint density at radius 3 is 2.22 bits per heavy atom. The van der Waals surface area contributed by atoms with Crippen LogP contribution >= 0.6 is 0 Å². The number of hydrogen-bond donors (Lipinski definition) is 1. The van der Waals surface area contributed by atoms with Gasteiger partial charge in [0.1, 0.15) is 0 Å². The van der Waals surface area contributed by atoms with Gasteiger partial charge in [0.25, 0.3) is 0 Å². The average Bonchev–Trinajstić information content (AvgIpc) is 2.36. The van der Waals surface area contributed by atoms with Crippen LogP contribution in [0, 0.1) is 0 Å². The van der Waals surface area contributed by atoms with Crippen LogP contribution in [0.4, 0.5) is 5.69 Å². The van der Waals surface area contributed by atoms with Crippen molar-refractivity contribution in [1.82, 2.24) is 0 Å². The molecule has 0 aliphatic heterocycles. The molecule has 0 radical (unpaired) electrons. The summed E-state index contributed by atoms with van der Waals surface area (Å²) in [6.07, 6.45) is -0.180. The highest BCUT2D eigenvalue weighted by Gasteiger charge is 2.10. The van der Waals surface area contributed by atoms with Crippen molar-refractivity contribution in [1.29, 1.82) is 0 Å². The van der Waals surface area contributed by atoms with Crippen LogP contribution in [0.1, 0.15) is 39.2 Å². The van der Waals surface area contributed by atoms with E-state index >= 15 is 0 Å². The van der Waals surface area contributed by atoms with Gasteiger partial charge in [-0.05, 0) is 31.4 Å². The highest BCUT2D eigenvalue weighted by molar-refractivity contribution is 5.52. The van der Waals surface area contributed by atoms with Gasteiger partial charge in [-0.2, -0.15) is 0 Å². The fraction of sp³-hybridized carbons (Fsp3) is 0.600. The molecule has 1 aromatic carbocycles. The molecule has 0 amide bonds. The van der Waals surface area contributed by atoms with Crippen molar-refractivity contribution in [2.45, 2.75) is 39.9 Å². The van der Waals surface area contributed by atoms with Crippen LogP contribution in [0.15, 0.2) is 24.3 Å². The molecule has 18 heavy (non-hydrogen) atoms. The fourth-order valence-electron chi connectivity index (χ4n) is 1.89. The molecule has 0 aliphatic rings. The van der Waals surface area contributed by atoms with Crippen LogP contribution in [-0.2, 0) is 9.47 Å². The fourth-order valence-corrected chi connectivity index (χ4v) is 1.89. The Morgan fingerprint density at radius 1 is 1.06 bits per heavy atom. The van der Waals surface area contributed by atoms with Crippen molar-refractivity contribution >= 4 is 5.69 Å². The summed E-state index contributed by atoms with van der Waals surface area (Å²) >= 11 is 0. The van der Waals surface area contributed by atoms with E-state index in [1.54, 1.807) is 0 Å². The summed E-state index contributed by atoms with van der Waals surface area (Å²) in [7, 11) is 0. The number of anilines is 1. The second-order valence-electron chi connectivity index (χ2n) is 4.46. The smallest absolute Gasteiger partial charge is 0.174 e. The molecule has 3 heteroatoms. The highest BCUT2D eigenvalue weighted by Crippen LogP contribution is 2.23. The number of ether oxygens (including phenoxy) is 2. The SMILES string of the molecule is CCOC(CNc1ccccc1C(C)C)OCC. The number of hydrogen-bond acceptors (Lipinski definition) is 3. The number of benzene rings is 1. The lowest BCUT2D eigenvalue weighted by Gasteiger charge is -2.20. The van der Waals surface area contributed by atoms with Crippen molar-refractivity contribution in [3.63, 3.8) is 0 Å². The zero-order valence-corrected chi connectivity index (χ0v) is 11.9. The van der Waals surface area contributed by atoms with Crippen LogP contribution in [0.3, 0.4) is 0 Å². The Labute approximate surface area is 110 Å². The lowest BCUT2D eigenvalue weighted by molar-refractivity contribution is -0.126. The molecule has 102 valence electrons. The first-order chi connectivity index (χ1) is 8.69. The Bertz CT molecular complexity index is 333. The summed E-state index contributed by atoms with van der Waals surface area (Å²) in [5, 5.41) is 3.41. The van der Waals surface area contributed by atoms with Crippen molar-refractivity contribution in [3.05, 3.63) is 29.8 Å². The van der Waals surface area contributed by atoms with Crippen LogP contribution < -0.4 is 5.32 Å². The monoisotopic (exact) mass is 251 g/mol. The van der Waals surface area contributed by atoms with E-state index in [0.717, 1.165) is 5.69 Å². The first-order valence-corrected chi connectivity index (χ1v) is 6.75. The highest BCUT2D eigenvalue weighted by atomic mass is 16.7. The van der Waals surface area contributed by atoms with Gasteiger partial charge >= 0.3 is 0 Å². The molecule has 0 aromatic heterocycles. The average molecular weight is 251 g/mol. The van der Waals surface area contributed by atoms with Crippen molar-refractivity contribution in [2.24, 2.45) is 0 Å². The van der Waals surface area contributed by atoms with Gasteiger partial charge in [-0.1, -0.05) is 32.0 Å². The summed E-state index contributed by atoms with van der Waals surface area (Å²) in [4.78, 5) is 0. The van der Waals surface area contributed by atoms with Gasteiger partial charge in [0, 0.05) is 18.9 Å². The van der Waals surface area contributed by atoms with Gasteiger partial charge in [0.05, 0.1) is 6.54 Å². The minimum Gasteiger partial charge on any atom is -0.380 e. The summed E-state index contributed by atoms with van der Waals surface area (Å²) in [5.74, 6) is 0.506. The van der Waals surface area contributed by atoms with E-state index in [1.165, 1.54) is 5.56 Å². The number of nitrogens with one attached hydrogen (secondary N) is 1. The van der Waals surface area contributed by atoms with E-state index in [4.69, 9.17) is 9.47 Å². The topological polar surface area (TPSA) is 30.5 Å². The molecule has 0 heterocycles. The van der Waals surface area contributed by atoms with E-state index in [0.29, 0.717) is 25.7 Å². The van der Waals surface area contributed by atoms with Gasteiger partial charge in [-0.15, -0.1) is 0 Å². The quantitative estimate of drug-likeness (QED) is 0.716. The van der Waals surface area contributed by atoms with Crippen LogP contribution in [0.25, 0.3) is 0 Å². The third-order valence-electron chi connectivity index (χ3n) is 2.75. The Kier molecular flexibility index (Phi) is 6.76. The molecule has 0 spiro atoms. The zero-order chi connectivity index (χ0) is 13.4. The lowest BCUT2D eigenvalue weighted by Crippen LogP contribution is -2.26. The first kappa shape index (κ1) is 15.0. The number of rotatable bonds is 8. The van der Waals surface area contributed by atoms with Gasteiger partial charge < -0.3 is 14.8 Å². The summed E-state index contributed by atoms with van der Waals surface area (Å²) in [6, 6.07) is 8.38. The molecule has 0 aliphatic carbocycles. The maximum Gasteiger partial charge on any atom is 0.174 e. The van der Waals surface area contributed by atoms with E-state index in [9.17, 15) is 0 Å². The molecule has 1 N–H and O–H groups in total. The van der Waals surface area contributed by atoms with Crippen LogP contribution in [-0.4, -0.2) is 26.0 Å². The summed E-state index contributed by atoms with van der Waals surface area (Å²) in [5.41, 5.74) is 2.49. The molecule has 1 rings (SSSR count). The predicted octanol–water partition coefficient (Wildman–Crippen LogP) is 3.62. The molecule has 0 saturated carbocycles. The predicted molar refractivity (Wildman–Crippen MR) is 76.1 cm³/mol. The van der Waals surface area contributed by atoms with Crippen molar-refractivity contribution in [2.75, 3.05) is 25.1 Å². The van der Waals surface area contributed by atoms with Gasteiger partial charge in [0.15, 0.2) is 6.29 Å². The van der Waals surface area contributed by atoms with Gasteiger partial charge in [0.2, 0.25) is 0 Å². The molecule has 0 unspecified atom stereocenters. The van der Waals surface area contributed by atoms with Crippen molar-refractivity contribution < 1.29 is 9.47 Å². The molecule has 0 bridgehead atoms. The molecule has 0 saturated heterocycles. The van der Waals surface area contributed by atoms with Gasteiger partial charge in [-0.25, -0.2) is 0 Å². The normalized spacial score (nSPS) is 11.2. The van der Waals surface area contributed by atoms with Gasteiger partial charge in [-0.3, -0.25) is 0 Å². The standard InChI is InChI=1S/C15H25NO2/c1-5-17-15(18-6-2)11-16-14-10-8-7-9-13(14)12(3)4/h7-10,12,15-16H,5-6,11H2,1-4H3. The second kappa shape index (κ2) is 8.11. The Hall–Kier alpha value is -1.06. The molecule has 1 aromatic rings. The Morgan fingerprint density at radius 2 is 1.67 bits per heavy atom. The molecular formula is C15H25NO2. The summed E-state index contributed by atoms with van der Waals surface area (Å²) < 4.78 is 11.0. The van der Waals surface area contributed by atoms with E-state index in [-0.39, 0.29) is 6.29 Å². The lowest BCUT2D eigenvalue weighted by atomic mass is 10.0. The molecular weight excluding hydrogens is 226 g/mol. The van der Waals surface area contributed by atoms with E-state index in [1.807, 2.05) is 19.9 Å². The minimum absolute atomic E-state index is 0.180. The van der Waals surface area contributed by atoms with Crippen LogP contribution in [0.2, 0.25) is 0 Å². The first-order valence-electron chi connectivity index (χ1n) is 6.75. The second-order valence-corrected chi connectivity index (χ2v) is 4.46. The van der Waals surface area contributed by atoms with Crippen molar-refractivity contribution in [3.8, 4) is 0 Å². The number of para-hydroxylation sites is 1. The van der Waals surface area contributed by atoms with E-state index < -0.39 is 0 Å². The molecule has 3 nitrogen and oxygen atoms in total.